The lowest BCUT2D eigenvalue weighted by molar-refractivity contribution is -0.134. The van der Waals surface area contributed by atoms with Crippen LogP contribution in [-0.4, -0.2) is 11.8 Å². The topological polar surface area (TPSA) is 72.2 Å². The Labute approximate surface area is 101 Å². The van der Waals surface area contributed by atoms with E-state index in [4.69, 9.17) is 5.73 Å². The zero-order chi connectivity index (χ0) is 12.8. The summed E-state index contributed by atoms with van der Waals surface area (Å²) in [5.41, 5.74) is 6.16. The van der Waals surface area contributed by atoms with Gasteiger partial charge in [-0.2, -0.15) is 0 Å². The summed E-state index contributed by atoms with van der Waals surface area (Å²) in [4.78, 5) is 22.8. The molecule has 0 saturated heterocycles. The fourth-order valence-corrected chi connectivity index (χ4v) is 1.65. The number of nitrogens with two attached hydrogens (primary N) is 1. The lowest BCUT2D eigenvalue weighted by atomic mass is 10.0. The predicted octanol–water partition coefficient (Wildman–Crippen LogP) is 1.38. The van der Waals surface area contributed by atoms with Gasteiger partial charge in [-0.05, 0) is 18.9 Å². The van der Waals surface area contributed by atoms with Gasteiger partial charge in [0, 0.05) is 0 Å². The Morgan fingerprint density at radius 3 is 2.35 bits per heavy atom. The maximum atomic E-state index is 11.8. The lowest BCUT2D eigenvalue weighted by Crippen LogP contribution is -2.39. The van der Waals surface area contributed by atoms with E-state index in [0.29, 0.717) is 6.42 Å². The Kier molecular flexibility index (Phi) is 4.69. The molecule has 17 heavy (non-hydrogen) atoms. The number of carbonyl (C=O) groups excluding carboxylic acids is 2. The van der Waals surface area contributed by atoms with E-state index in [2.05, 4.69) is 5.32 Å². The number of rotatable bonds is 5. The van der Waals surface area contributed by atoms with Gasteiger partial charge >= 0.3 is 0 Å². The Morgan fingerprint density at radius 1 is 1.29 bits per heavy atom. The van der Waals surface area contributed by atoms with Crippen molar-refractivity contribution in [1.29, 1.82) is 0 Å². The molecule has 92 valence electrons. The molecule has 0 radical (unpaired) electrons. The summed E-state index contributed by atoms with van der Waals surface area (Å²) >= 11 is 0. The number of nitrogens with one attached hydrogen (secondary N) is 1. The highest BCUT2D eigenvalue weighted by Crippen LogP contribution is 2.12. The van der Waals surface area contributed by atoms with E-state index >= 15 is 0 Å². The Hall–Kier alpha value is -1.84. The van der Waals surface area contributed by atoms with E-state index in [1.165, 1.54) is 0 Å². The molecule has 3 N–H and O–H groups in total. The van der Waals surface area contributed by atoms with E-state index in [0.717, 1.165) is 5.56 Å². The number of benzene rings is 1. The maximum absolute atomic E-state index is 11.8. The van der Waals surface area contributed by atoms with E-state index in [1.54, 1.807) is 6.92 Å². The molecule has 1 rings (SSSR count). The van der Waals surface area contributed by atoms with Crippen LogP contribution < -0.4 is 11.1 Å². The molecule has 0 unspecified atom stereocenters. The van der Waals surface area contributed by atoms with E-state index in [-0.39, 0.29) is 11.9 Å². The number of primary amides is 1. The van der Waals surface area contributed by atoms with Crippen LogP contribution in [0, 0.1) is 5.92 Å². The minimum absolute atomic E-state index is 0.128. The third-order valence-corrected chi connectivity index (χ3v) is 2.73. The second-order valence-corrected chi connectivity index (χ2v) is 4.00. The predicted molar refractivity (Wildman–Crippen MR) is 66.0 cm³/mol. The largest absolute Gasteiger partial charge is 0.369 e. The molecule has 0 saturated carbocycles. The summed E-state index contributed by atoms with van der Waals surface area (Å²) in [6.45, 7) is 3.64. The van der Waals surface area contributed by atoms with Crippen LogP contribution in [0.4, 0.5) is 0 Å². The van der Waals surface area contributed by atoms with Gasteiger partial charge in [0.2, 0.25) is 11.8 Å². The molecule has 0 aliphatic carbocycles. The van der Waals surface area contributed by atoms with Gasteiger partial charge in [0.05, 0.1) is 6.04 Å². The van der Waals surface area contributed by atoms with Crippen molar-refractivity contribution in [2.75, 3.05) is 0 Å². The summed E-state index contributed by atoms with van der Waals surface area (Å²) in [6, 6.07) is 9.45. The highest BCUT2D eigenvalue weighted by atomic mass is 16.2. The van der Waals surface area contributed by atoms with Gasteiger partial charge in [0.1, 0.15) is 5.92 Å². The Morgan fingerprint density at radius 2 is 1.88 bits per heavy atom. The third kappa shape index (κ3) is 3.59. The van der Waals surface area contributed by atoms with Gasteiger partial charge in [-0.3, -0.25) is 9.59 Å². The van der Waals surface area contributed by atoms with Gasteiger partial charge in [-0.25, -0.2) is 0 Å². The van der Waals surface area contributed by atoms with Crippen molar-refractivity contribution in [3.05, 3.63) is 35.9 Å². The van der Waals surface area contributed by atoms with Crippen LogP contribution in [0.5, 0.6) is 0 Å². The average molecular weight is 234 g/mol. The summed E-state index contributed by atoms with van der Waals surface area (Å²) < 4.78 is 0. The molecule has 0 spiro atoms. The van der Waals surface area contributed by atoms with Crippen molar-refractivity contribution in [2.45, 2.75) is 26.3 Å². The third-order valence-electron chi connectivity index (χ3n) is 2.73. The summed E-state index contributed by atoms with van der Waals surface area (Å²) in [7, 11) is 0. The first kappa shape index (κ1) is 13.2. The molecular formula is C13H18N2O2. The standard InChI is InChI=1S/C13H18N2O2/c1-3-11(12(14)16)13(17)15-9(2)10-7-5-4-6-8-10/h4-9,11H,3H2,1-2H3,(H2,14,16)(H,15,17)/t9-,11-/m1/s1. The smallest absolute Gasteiger partial charge is 0.233 e. The molecule has 2 amide bonds. The fraction of sp³-hybridized carbons (Fsp3) is 0.385. The quantitative estimate of drug-likeness (QED) is 0.755. The van der Waals surface area contributed by atoms with Crippen molar-refractivity contribution in [2.24, 2.45) is 11.7 Å². The van der Waals surface area contributed by atoms with Crippen LogP contribution in [0.15, 0.2) is 30.3 Å². The summed E-state index contributed by atoms with van der Waals surface area (Å²) in [5, 5.41) is 2.79. The summed E-state index contributed by atoms with van der Waals surface area (Å²) in [6.07, 6.45) is 0.419. The average Bonchev–Trinajstić information content (AvgIpc) is 2.30. The highest BCUT2D eigenvalue weighted by molar-refractivity contribution is 5.99. The van der Waals surface area contributed by atoms with Crippen molar-refractivity contribution in [3.63, 3.8) is 0 Å². The fourth-order valence-electron chi connectivity index (χ4n) is 1.65. The van der Waals surface area contributed by atoms with Gasteiger partial charge < -0.3 is 11.1 Å². The molecule has 4 nitrogen and oxygen atoms in total. The molecule has 0 aromatic heterocycles. The monoisotopic (exact) mass is 234 g/mol. The van der Waals surface area contributed by atoms with Crippen molar-refractivity contribution < 1.29 is 9.59 Å². The van der Waals surface area contributed by atoms with Crippen molar-refractivity contribution >= 4 is 11.8 Å². The molecule has 2 atom stereocenters. The van der Waals surface area contributed by atoms with Crippen LogP contribution in [0.25, 0.3) is 0 Å². The second-order valence-electron chi connectivity index (χ2n) is 4.00. The van der Waals surface area contributed by atoms with Gasteiger partial charge in [-0.1, -0.05) is 37.3 Å². The molecule has 0 heterocycles. The van der Waals surface area contributed by atoms with Gasteiger partial charge in [0.15, 0.2) is 0 Å². The Balaban J connectivity index is 2.66. The number of amides is 2. The van der Waals surface area contributed by atoms with Gasteiger partial charge in [-0.15, -0.1) is 0 Å². The highest BCUT2D eigenvalue weighted by Gasteiger charge is 2.23. The van der Waals surface area contributed by atoms with Crippen LogP contribution in [0.1, 0.15) is 31.9 Å². The minimum Gasteiger partial charge on any atom is -0.369 e. The minimum atomic E-state index is -0.749. The van der Waals surface area contributed by atoms with Crippen LogP contribution in [-0.2, 0) is 9.59 Å². The van der Waals surface area contributed by atoms with Gasteiger partial charge in [0.25, 0.3) is 0 Å². The Bertz CT molecular complexity index is 390. The zero-order valence-corrected chi connectivity index (χ0v) is 10.1. The molecular weight excluding hydrogens is 216 g/mol. The molecule has 4 heteroatoms. The molecule has 1 aromatic carbocycles. The first-order valence-corrected chi connectivity index (χ1v) is 5.71. The number of hydrogen-bond donors (Lipinski definition) is 2. The number of hydrogen-bond acceptors (Lipinski definition) is 2. The molecule has 0 bridgehead atoms. The molecule has 0 aliphatic rings. The normalized spacial score (nSPS) is 13.8. The van der Waals surface area contributed by atoms with E-state index in [1.807, 2.05) is 37.3 Å². The van der Waals surface area contributed by atoms with E-state index in [9.17, 15) is 9.59 Å². The van der Waals surface area contributed by atoms with Crippen LogP contribution in [0.2, 0.25) is 0 Å². The SMILES string of the molecule is CC[C@H](C(N)=O)C(=O)N[C@H](C)c1ccccc1. The van der Waals surface area contributed by atoms with E-state index < -0.39 is 11.8 Å². The van der Waals surface area contributed by atoms with Crippen molar-refractivity contribution in [3.8, 4) is 0 Å². The maximum Gasteiger partial charge on any atom is 0.233 e. The molecule has 0 fully saturated rings. The molecule has 0 aliphatic heterocycles. The van der Waals surface area contributed by atoms with Crippen LogP contribution >= 0.6 is 0 Å². The number of carbonyl (C=O) groups is 2. The lowest BCUT2D eigenvalue weighted by Gasteiger charge is -2.17. The van der Waals surface area contributed by atoms with Crippen molar-refractivity contribution in [1.82, 2.24) is 5.32 Å². The molecule has 1 aromatic rings. The zero-order valence-electron chi connectivity index (χ0n) is 10.1. The summed E-state index contributed by atoms with van der Waals surface area (Å²) in [5.74, 6) is -1.64. The second kappa shape index (κ2) is 6.03. The first-order chi connectivity index (χ1) is 8.06. The van der Waals surface area contributed by atoms with Crippen LogP contribution in [0.3, 0.4) is 0 Å². The first-order valence-electron chi connectivity index (χ1n) is 5.71.